The Balaban J connectivity index is 2.53. The molecule has 0 saturated heterocycles. The lowest BCUT2D eigenvalue weighted by molar-refractivity contribution is 0.0144. The normalized spacial score (nSPS) is 10.3. The van der Waals surface area contributed by atoms with E-state index in [1.165, 1.54) is 0 Å². The highest BCUT2D eigenvalue weighted by Gasteiger charge is 2.13. The van der Waals surface area contributed by atoms with Crippen LogP contribution < -0.4 is 0 Å². The Bertz CT molecular complexity index is 365. The molecule has 1 rings (SSSR count). The van der Waals surface area contributed by atoms with Crippen LogP contribution >= 0.6 is 0 Å². The molecule has 0 spiro atoms. The molecule has 0 amide bonds. The van der Waals surface area contributed by atoms with Gasteiger partial charge in [-0.25, -0.2) is 0 Å². The Morgan fingerprint density at radius 3 is 2.60 bits per heavy atom. The summed E-state index contributed by atoms with van der Waals surface area (Å²) in [5.41, 5.74) is 0.732. The van der Waals surface area contributed by atoms with E-state index >= 15 is 0 Å². The summed E-state index contributed by atoms with van der Waals surface area (Å²) in [7, 11) is 0. The van der Waals surface area contributed by atoms with Crippen LogP contribution in [0, 0.1) is 11.8 Å². The van der Waals surface area contributed by atoms with Crippen LogP contribution in [-0.4, -0.2) is 5.60 Å². The van der Waals surface area contributed by atoms with Crippen molar-refractivity contribution in [3.63, 3.8) is 0 Å². The highest BCUT2D eigenvalue weighted by atomic mass is 16.5. The van der Waals surface area contributed by atoms with Gasteiger partial charge in [-0.05, 0) is 25.5 Å². The minimum absolute atomic E-state index is 0.427. The summed E-state index contributed by atoms with van der Waals surface area (Å²) in [6, 6.07) is 10.1. The summed E-state index contributed by atoms with van der Waals surface area (Å²) < 4.78 is 5.70. The summed E-state index contributed by atoms with van der Waals surface area (Å²) in [5.74, 6) is 5.80. The van der Waals surface area contributed by atoms with Crippen LogP contribution in [0.3, 0.4) is 0 Å². The van der Waals surface area contributed by atoms with Crippen molar-refractivity contribution in [2.24, 2.45) is 0 Å². The van der Waals surface area contributed by atoms with Crippen LogP contribution in [0.2, 0.25) is 0 Å². The Morgan fingerprint density at radius 2 is 2.00 bits per heavy atom. The zero-order valence-electron chi connectivity index (χ0n) is 9.29. The number of benzene rings is 1. The first-order chi connectivity index (χ1) is 7.14. The predicted molar refractivity (Wildman–Crippen MR) is 63.3 cm³/mol. The van der Waals surface area contributed by atoms with E-state index in [1.807, 2.05) is 44.2 Å². The van der Waals surface area contributed by atoms with Crippen molar-refractivity contribution >= 4 is 0 Å². The van der Waals surface area contributed by atoms with Crippen molar-refractivity contribution in [2.75, 3.05) is 0 Å². The second-order valence-corrected chi connectivity index (χ2v) is 3.76. The van der Waals surface area contributed by atoms with Crippen LogP contribution in [0.25, 0.3) is 0 Å². The molecule has 0 aromatic heterocycles. The molecule has 0 N–H and O–H groups in total. The number of hydrogen-bond acceptors (Lipinski definition) is 1. The van der Waals surface area contributed by atoms with Crippen molar-refractivity contribution in [1.29, 1.82) is 0 Å². The third kappa shape index (κ3) is 4.49. The van der Waals surface area contributed by atoms with Gasteiger partial charge in [-0.1, -0.05) is 48.8 Å². The Kier molecular flexibility index (Phi) is 4.15. The van der Waals surface area contributed by atoms with Gasteiger partial charge in [0.15, 0.2) is 0 Å². The Labute approximate surface area is 91.8 Å². The molecule has 15 heavy (non-hydrogen) atoms. The second-order valence-electron chi connectivity index (χ2n) is 3.76. The molecule has 78 valence electrons. The molecule has 0 aliphatic carbocycles. The molecule has 1 aromatic carbocycles. The molecule has 0 radical (unpaired) electrons. The van der Waals surface area contributed by atoms with Gasteiger partial charge in [-0.15, -0.1) is 0 Å². The molecular formula is C14H16O. The van der Waals surface area contributed by atoms with Gasteiger partial charge < -0.3 is 4.74 Å². The minimum atomic E-state index is -0.427. The molecule has 1 aromatic rings. The fourth-order valence-electron chi connectivity index (χ4n) is 1.10. The van der Waals surface area contributed by atoms with E-state index in [0.29, 0.717) is 6.61 Å². The lowest BCUT2D eigenvalue weighted by atomic mass is 10.1. The van der Waals surface area contributed by atoms with E-state index < -0.39 is 5.60 Å². The van der Waals surface area contributed by atoms with Crippen LogP contribution in [0.4, 0.5) is 0 Å². The molecule has 0 atom stereocenters. The minimum Gasteiger partial charge on any atom is -0.358 e. The Morgan fingerprint density at radius 1 is 1.33 bits per heavy atom. The summed E-state index contributed by atoms with van der Waals surface area (Å²) in [6.45, 7) is 8.04. The molecule has 0 heterocycles. The molecule has 0 bridgehead atoms. The highest BCUT2D eigenvalue weighted by Crippen LogP contribution is 2.11. The van der Waals surface area contributed by atoms with E-state index in [2.05, 4.69) is 18.4 Å². The maximum absolute atomic E-state index is 5.70. The zero-order chi connectivity index (χ0) is 11.1. The smallest absolute Gasteiger partial charge is 0.123 e. The van der Waals surface area contributed by atoms with Crippen molar-refractivity contribution in [3.8, 4) is 11.8 Å². The van der Waals surface area contributed by atoms with Crippen molar-refractivity contribution in [2.45, 2.75) is 26.1 Å². The van der Waals surface area contributed by atoms with Crippen LogP contribution in [0.15, 0.2) is 43.0 Å². The number of rotatable bonds is 3. The number of hydrogen-bond donors (Lipinski definition) is 0. The maximum Gasteiger partial charge on any atom is 0.123 e. The van der Waals surface area contributed by atoms with Crippen molar-refractivity contribution < 1.29 is 4.74 Å². The van der Waals surface area contributed by atoms with Gasteiger partial charge in [-0.3, -0.25) is 0 Å². The lowest BCUT2D eigenvalue weighted by Crippen LogP contribution is -2.21. The first kappa shape index (κ1) is 11.6. The first-order valence-corrected chi connectivity index (χ1v) is 4.95. The summed E-state index contributed by atoms with van der Waals surface area (Å²) >= 11 is 0. The van der Waals surface area contributed by atoms with Gasteiger partial charge in [0.1, 0.15) is 5.60 Å². The Hall–Kier alpha value is -1.52. The third-order valence-corrected chi connectivity index (χ3v) is 1.92. The van der Waals surface area contributed by atoms with E-state index in [-0.39, 0.29) is 0 Å². The average molecular weight is 200 g/mol. The second kappa shape index (κ2) is 5.38. The van der Waals surface area contributed by atoms with Gasteiger partial charge in [0.25, 0.3) is 0 Å². The van der Waals surface area contributed by atoms with Crippen molar-refractivity contribution in [3.05, 3.63) is 48.6 Å². The highest BCUT2D eigenvalue weighted by molar-refractivity contribution is 5.20. The number of allylic oxidation sites excluding steroid dienone is 1. The SMILES string of the molecule is C=CC#CC(C)(C)OCc1ccccc1. The van der Waals surface area contributed by atoms with Crippen molar-refractivity contribution in [1.82, 2.24) is 0 Å². The summed E-state index contributed by atoms with van der Waals surface area (Å²) in [6.07, 6.45) is 1.58. The van der Waals surface area contributed by atoms with Crippen LogP contribution in [0.5, 0.6) is 0 Å². The van der Waals surface area contributed by atoms with Gasteiger partial charge in [-0.2, -0.15) is 0 Å². The quantitative estimate of drug-likeness (QED) is 0.681. The van der Waals surface area contributed by atoms with E-state index in [4.69, 9.17) is 4.74 Å². The lowest BCUT2D eigenvalue weighted by Gasteiger charge is -2.18. The molecule has 1 heteroatoms. The topological polar surface area (TPSA) is 9.23 Å². The molecular weight excluding hydrogens is 184 g/mol. The van der Waals surface area contributed by atoms with Gasteiger partial charge in [0, 0.05) is 0 Å². The fraction of sp³-hybridized carbons (Fsp3) is 0.286. The molecule has 0 aliphatic heterocycles. The van der Waals surface area contributed by atoms with E-state index in [9.17, 15) is 0 Å². The van der Waals surface area contributed by atoms with E-state index in [1.54, 1.807) is 6.08 Å². The van der Waals surface area contributed by atoms with Gasteiger partial charge >= 0.3 is 0 Å². The maximum atomic E-state index is 5.70. The molecule has 0 aliphatic rings. The zero-order valence-corrected chi connectivity index (χ0v) is 9.29. The van der Waals surface area contributed by atoms with Gasteiger partial charge in [0.05, 0.1) is 6.61 Å². The largest absolute Gasteiger partial charge is 0.358 e. The predicted octanol–water partition coefficient (Wildman–Crippen LogP) is 3.17. The molecule has 0 unspecified atom stereocenters. The molecule has 1 nitrogen and oxygen atoms in total. The van der Waals surface area contributed by atoms with Crippen LogP contribution in [-0.2, 0) is 11.3 Å². The number of ether oxygens (including phenoxy) is 1. The standard InChI is InChI=1S/C14H16O/c1-4-5-11-14(2,3)15-12-13-9-7-6-8-10-13/h4,6-10H,1,12H2,2-3H3. The average Bonchev–Trinajstić information content (AvgIpc) is 2.25. The third-order valence-electron chi connectivity index (χ3n) is 1.92. The first-order valence-electron chi connectivity index (χ1n) is 4.95. The molecule has 0 saturated carbocycles. The van der Waals surface area contributed by atoms with Crippen LogP contribution in [0.1, 0.15) is 19.4 Å². The monoisotopic (exact) mass is 200 g/mol. The molecule has 0 fully saturated rings. The van der Waals surface area contributed by atoms with Gasteiger partial charge in [0.2, 0.25) is 0 Å². The van der Waals surface area contributed by atoms with E-state index in [0.717, 1.165) is 5.56 Å². The summed E-state index contributed by atoms with van der Waals surface area (Å²) in [5, 5.41) is 0. The fourth-order valence-corrected chi connectivity index (χ4v) is 1.10. The summed E-state index contributed by atoms with van der Waals surface area (Å²) in [4.78, 5) is 0.